The first-order chi connectivity index (χ1) is 24.5. The van der Waals surface area contributed by atoms with E-state index in [4.69, 9.17) is 4.74 Å². The first-order valence-corrected chi connectivity index (χ1v) is 22.5. The molecule has 2 N–H and O–H groups in total. The predicted molar refractivity (Wildman–Crippen MR) is 210 cm³/mol. The lowest BCUT2D eigenvalue weighted by molar-refractivity contribution is -0.219. The van der Waals surface area contributed by atoms with Crippen LogP contribution < -0.4 is 10.6 Å². The molecule has 1 saturated heterocycles. The molecule has 6 nitrogen and oxygen atoms in total. The van der Waals surface area contributed by atoms with Crippen LogP contribution in [0.15, 0.2) is 42.5 Å². The Kier molecular flexibility index (Phi) is 8.91. The standard InChI is InChI=1S/C45H66N2O4S/c1-28(2)32-15-20-45(47-24-23-46-26-36-33-25-31(33)27-52(36,49)50)22-21-43(6)35(39(32)45)13-14-38-42(5)18-16-34(29-9-11-30(12-10-29)40(48)51-8)41(3,4)37(42)17-19-44(38,43)7/h9-12,16,31-33,35-39,46-47H,1,13-15,17-27H2,2-8H3/t31?,32-,33?,35+,36+,37-,38+,39+,42-,43+,44+,45-/m0/s1. The van der Waals surface area contributed by atoms with Gasteiger partial charge in [0, 0.05) is 25.2 Å². The average molecular weight is 731 g/mol. The molecular formula is C45H66N2O4S. The van der Waals surface area contributed by atoms with Gasteiger partial charge in [0.25, 0.3) is 0 Å². The second-order valence-corrected chi connectivity index (χ2v) is 22.4. The molecular weight excluding hydrogens is 665 g/mol. The fraction of sp³-hybridized carbons (Fsp3) is 0.756. The molecule has 2 unspecified atom stereocenters. The smallest absolute Gasteiger partial charge is 0.337 e. The summed E-state index contributed by atoms with van der Waals surface area (Å²) in [6.45, 7) is 22.3. The van der Waals surface area contributed by atoms with E-state index in [2.05, 4.69) is 77.0 Å². The summed E-state index contributed by atoms with van der Waals surface area (Å²) in [4.78, 5) is 12.2. The van der Waals surface area contributed by atoms with Crippen LogP contribution in [0.1, 0.15) is 122 Å². The van der Waals surface area contributed by atoms with Crippen molar-refractivity contribution in [1.82, 2.24) is 10.6 Å². The quantitative estimate of drug-likeness (QED) is 0.151. The van der Waals surface area contributed by atoms with Crippen LogP contribution >= 0.6 is 0 Å². The van der Waals surface area contributed by atoms with E-state index in [1.165, 1.54) is 75.2 Å². The molecule has 286 valence electrons. The molecule has 52 heavy (non-hydrogen) atoms. The first kappa shape index (κ1) is 37.0. The summed E-state index contributed by atoms with van der Waals surface area (Å²) < 4.78 is 30.2. The third-order valence-electron chi connectivity index (χ3n) is 17.7. The summed E-state index contributed by atoms with van der Waals surface area (Å²) in [6.07, 6.45) is 15.0. The van der Waals surface area contributed by atoms with Crippen molar-refractivity contribution in [2.45, 2.75) is 117 Å². The number of allylic oxidation sites excluding steroid dienone is 3. The Bertz CT molecular complexity index is 1750. The van der Waals surface area contributed by atoms with Crippen LogP contribution in [0, 0.1) is 63.1 Å². The summed E-state index contributed by atoms with van der Waals surface area (Å²) in [5.41, 5.74) is 5.66. The second kappa shape index (κ2) is 12.5. The molecule has 1 aromatic carbocycles. The number of sulfone groups is 1. The van der Waals surface area contributed by atoms with E-state index in [0.717, 1.165) is 25.9 Å². The van der Waals surface area contributed by atoms with Gasteiger partial charge in [0.2, 0.25) is 0 Å². The van der Waals surface area contributed by atoms with Crippen LogP contribution in [-0.2, 0) is 14.6 Å². The Balaban J connectivity index is 1.01. The molecule has 0 bridgehead atoms. The van der Waals surface area contributed by atoms with Gasteiger partial charge in [0.1, 0.15) is 0 Å². The molecule has 6 fully saturated rings. The van der Waals surface area contributed by atoms with Crippen LogP contribution in [-0.4, -0.2) is 57.7 Å². The molecule has 1 aromatic rings. The zero-order valence-corrected chi connectivity index (χ0v) is 34.0. The van der Waals surface area contributed by atoms with E-state index in [1.807, 2.05) is 12.1 Å². The molecule has 0 aromatic heterocycles. The Morgan fingerprint density at radius 3 is 2.35 bits per heavy atom. The molecule has 1 heterocycles. The van der Waals surface area contributed by atoms with E-state index in [-0.39, 0.29) is 38.4 Å². The van der Waals surface area contributed by atoms with Crippen LogP contribution in [0.25, 0.3) is 5.57 Å². The monoisotopic (exact) mass is 730 g/mol. The minimum absolute atomic E-state index is 0.0390. The lowest BCUT2D eigenvalue weighted by Gasteiger charge is -2.72. The van der Waals surface area contributed by atoms with Crippen LogP contribution in [0.4, 0.5) is 0 Å². The van der Waals surface area contributed by atoms with Gasteiger partial charge in [0.15, 0.2) is 9.84 Å². The highest BCUT2D eigenvalue weighted by atomic mass is 32.2. The first-order valence-electron chi connectivity index (χ1n) is 20.7. The maximum absolute atomic E-state index is 12.6. The van der Waals surface area contributed by atoms with Crippen molar-refractivity contribution >= 4 is 21.4 Å². The number of esters is 1. The van der Waals surface area contributed by atoms with E-state index < -0.39 is 9.84 Å². The number of nitrogens with one attached hydrogen (secondary N) is 2. The fourth-order valence-corrected chi connectivity index (χ4v) is 17.4. The Morgan fingerprint density at radius 1 is 0.923 bits per heavy atom. The minimum atomic E-state index is -2.91. The van der Waals surface area contributed by atoms with Crippen LogP contribution in [0.2, 0.25) is 0 Å². The number of hydrogen-bond acceptors (Lipinski definition) is 6. The number of hydrogen-bond donors (Lipinski definition) is 2. The highest BCUT2D eigenvalue weighted by molar-refractivity contribution is 7.92. The molecule has 0 radical (unpaired) electrons. The number of carbonyl (C=O) groups excluding carboxylic acids is 1. The summed E-state index contributed by atoms with van der Waals surface area (Å²) in [5.74, 6) is 4.13. The van der Waals surface area contributed by atoms with Gasteiger partial charge in [-0.15, -0.1) is 0 Å². The molecule has 6 aliphatic carbocycles. The maximum Gasteiger partial charge on any atom is 0.337 e. The van der Waals surface area contributed by atoms with Gasteiger partial charge >= 0.3 is 5.97 Å². The maximum atomic E-state index is 12.6. The molecule has 5 saturated carbocycles. The highest BCUT2D eigenvalue weighted by Gasteiger charge is 2.70. The number of fused-ring (bicyclic) bond motifs is 8. The van der Waals surface area contributed by atoms with E-state index in [0.29, 0.717) is 59.3 Å². The highest BCUT2D eigenvalue weighted by Crippen LogP contribution is 2.76. The van der Waals surface area contributed by atoms with Gasteiger partial charge in [-0.1, -0.05) is 65.0 Å². The van der Waals surface area contributed by atoms with Crippen molar-refractivity contribution in [3.8, 4) is 0 Å². The Morgan fingerprint density at radius 2 is 1.67 bits per heavy atom. The van der Waals surface area contributed by atoms with Gasteiger partial charge in [-0.3, -0.25) is 0 Å². The molecule has 12 atom stereocenters. The van der Waals surface area contributed by atoms with Gasteiger partial charge in [-0.05, 0) is 157 Å². The minimum Gasteiger partial charge on any atom is -0.465 e. The lowest BCUT2D eigenvalue weighted by atomic mass is 9.33. The van der Waals surface area contributed by atoms with Crippen molar-refractivity contribution in [2.24, 2.45) is 63.1 Å². The van der Waals surface area contributed by atoms with Crippen molar-refractivity contribution in [3.63, 3.8) is 0 Å². The Hall–Kier alpha value is -1.96. The van der Waals surface area contributed by atoms with Gasteiger partial charge in [-0.2, -0.15) is 0 Å². The zero-order chi connectivity index (χ0) is 37.1. The molecule has 8 rings (SSSR count). The number of methoxy groups -OCH3 is 1. The van der Waals surface area contributed by atoms with Crippen molar-refractivity contribution < 1.29 is 17.9 Å². The van der Waals surface area contributed by atoms with Gasteiger partial charge in [0.05, 0.1) is 23.7 Å². The van der Waals surface area contributed by atoms with Crippen molar-refractivity contribution in [3.05, 3.63) is 53.6 Å². The molecule has 0 amide bonds. The average Bonchev–Trinajstić information content (AvgIpc) is 3.62. The van der Waals surface area contributed by atoms with Gasteiger partial charge in [-0.25, -0.2) is 13.2 Å². The third-order valence-corrected chi connectivity index (χ3v) is 20.1. The summed E-state index contributed by atoms with van der Waals surface area (Å²) in [7, 11) is -1.47. The molecule has 7 heteroatoms. The number of benzene rings is 1. The summed E-state index contributed by atoms with van der Waals surface area (Å²) in [6, 6.07) is 8.10. The summed E-state index contributed by atoms with van der Waals surface area (Å²) >= 11 is 0. The number of ether oxygens (including phenoxy) is 1. The largest absolute Gasteiger partial charge is 0.465 e. The topological polar surface area (TPSA) is 84.5 Å². The third kappa shape index (κ3) is 5.34. The second-order valence-electron chi connectivity index (χ2n) is 20.1. The van der Waals surface area contributed by atoms with Crippen molar-refractivity contribution in [1.29, 1.82) is 0 Å². The number of carbonyl (C=O) groups is 1. The molecule has 1 aliphatic heterocycles. The molecule has 0 spiro atoms. The normalized spacial score (nSPS) is 45.0. The molecule has 7 aliphatic rings. The SMILES string of the molecule is C=C(C)[C@@H]1CC[C@]2(NCCNC[C@@H]3C4CC4CS3(=O)=O)CC[C@]3(C)[C@H](CC[C@@H]4[C@@]5(C)CC=C(c6ccc(C(=O)OC)cc6)C(C)(C)[C@@H]5CC[C@]43C)[C@@H]12. The van der Waals surface area contributed by atoms with E-state index >= 15 is 0 Å². The zero-order valence-electron chi connectivity index (χ0n) is 33.2. The van der Waals surface area contributed by atoms with Gasteiger partial charge < -0.3 is 15.4 Å². The Labute approximate surface area is 314 Å². The van der Waals surface area contributed by atoms with Crippen LogP contribution in [0.3, 0.4) is 0 Å². The van der Waals surface area contributed by atoms with Crippen molar-refractivity contribution in [2.75, 3.05) is 32.5 Å². The van der Waals surface area contributed by atoms with Crippen LogP contribution in [0.5, 0.6) is 0 Å². The van der Waals surface area contributed by atoms with E-state index in [1.54, 1.807) is 0 Å². The predicted octanol–water partition coefficient (Wildman–Crippen LogP) is 8.49. The summed E-state index contributed by atoms with van der Waals surface area (Å²) in [5, 5.41) is 7.60. The lowest BCUT2D eigenvalue weighted by Crippen LogP contribution is -2.68. The fourth-order valence-electron chi connectivity index (χ4n) is 15.0. The van der Waals surface area contributed by atoms with E-state index in [9.17, 15) is 13.2 Å². The number of rotatable bonds is 9.